The number of aromatic nitrogens is 1. The molecule has 1 aliphatic rings. The lowest BCUT2D eigenvalue weighted by Gasteiger charge is -2.30. The maximum atomic E-state index is 12.0. The highest BCUT2D eigenvalue weighted by atomic mass is 16.2. The number of piperidine rings is 1. The van der Waals surface area contributed by atoms with Crippen LogP contribution in [0.4, 0.5) is 0 Å². The van der Waals surface area contributed by atoms with Crippen LogP contribution in [0.5, 0.6) is 0 Å². The molecule has 0 N–H and O–H groups in total. The van der Waals surface area contributed by atoms with Crippen LogP contribution < -0.4 is 0 Å². The van der Waals surface area contributed by atoms with Crippen LogP contribution in [0.1, 0.15) is 55.5 Å². The average molecular weight is 289 g/mol. The minimum atomic E-state index is 0.245. The Labute approximate surface area is 128 Å². The van der Waals surface area contributed by atoms with Gasteiger partial charge in [0.25, 0.3) is 0 Å². The summed E-state index contributed by atoms with van der Waals surface area (Å²) in [5.74, 6) is 0.992. The maximum Gasteiger partial charge on any atom is 0.222 e. The van der Waals surface area contributed by atoms with Crippen molar-refractivity contribution >= 4 is 5.91 Å². The van der Waals surface area contributed by atoms with E-state index in [4.69, 9.17) is 4.98 Å². The maximum absolute atomic E-state index is 12.0. The van der Waals surface area contributed by atoms with Crippen molar-refractivity contribution in [3.8, 4) is 0 Å². The number of nitrogens with zero attached hydrogens (tertiary/aromatic N) is 3. The first-order chi connectivity index (χ1) is 9.88. The molecule has 0 saturated carbocycles. The van der Waals surface area contributed by atoms with E-state index in [0.29, 0.717) is 18.3 Å². The van der Waals surface area contributed by atoms with Crippen molar-refractivity contribution in [1.29, 1.82) is 0 Å². The first-order valence-corrected chi connectivity index (χ1v) is 7.77. The molecular formula is C17H27N3O. The summed E-state index contributed by atoms with van der Waals surface area (Å²) >= 11 is 0. The van der Waals surface area contributed by atoms with E-state index in [-0.39, 0.29) is 5.91 Å². The molecule has 1 aliphatic heterocycles. The van der Waals surface area contributed by atoms with Crippen LogP contribution >= 0.6 is 0 Å². The van der Waals surface area contributed by atoms with Gasteiger partial charge in [-0.1, -0.05) is 19.9 Å². The van der Waals surface area contributed by atoms with Gasteiger partial charge in [-0.15, -0.1) is 0 Å². The molecule has 0 aromatic carbocycles. The Balaban J connectivity index is 2.31. The predicted octanol–water partition coefficient (Wildman–Crippen LogP) is 2.60. The third-order valence-corrected chi connectivity index (χ3v) is 4.19. The van der Waals surface area contributed by atoms with Crippen molar-refractivity contribution in [2.45, 2.75) is 45.1 Å². The molecule has 1 aromatic heterocycles. The van der Waals surface area contributed by atoms with Crippen LogP contribution in [0.3, 0.4) is 0 Å². The van der Waals surface area contributed by atoms with Crippen LogP contribution in [0, 0.1) is 0 Å². The molecule has 21 heavy (non-hydrogen) atoms. The highest BCUT2D eigenvalue weighted by Gasteiger charge is 2.27. The average Bonchev–Trinajstić information content (AvgIpc) is 2.41. The summed E-state index contributed by atoms with van der Waals surface area (Å²) in [6, 6.07) is 4.33. The summed E-state index contributed by atoms with van der Waals surface area (Å²) in [4.78, 5) is 20.8. The van der Waals surface area contributed by atoms with Crippen molar-refractivity contribution in [2.75, 3.05) is 27.7 Å². The molecule has 1 amide bonds. The summed E-state index contributed by atoms with van der Waals surface area (Å²) in [5.41, 5.74) is 3.53. The number of hydrogen-bond donors (Lipinski definition) is 0. The van der Waals surface area contributed by atoms with Gasteiger partial charge in [-0.05, 0) is 44.0 Å². The summed E-state index contributed by atoms with van der Waals surface area (Å²) in [7, 11) is 6.01. The molecular weight excluding hydrogens is 262 g/mol. The Bertz CT molecular complexity index is 511. The molecule has 116 valence electrons. The van der Waals surface area contributed by atoms with E-state index < -0.39 is 0 Å². The predicted molar refractivity (Wildman–Crippen MR) is 85.3 cm³/mol. The fourth-order valence-electron chi connectivity index (χ4n) is 2.86. The third kappa shape index (κ3) is 3.82. The van der Waals surface area contributed by atoms with E-state index in [1.165, 1.54) is 5.56 Å². The van der Waals surface area contributed by atoms with Crippen molar-refractivity contribution in [3.63, 3.8) is 0 Å². The molecule has 4 nitrogen and oxygen atoms in total. The molecule has 4 heteroatoms. The lowest BCUT2D eigenvalue weighted by atomic mass is 9.87. The lowest BCUT2D eigenvalue weighted by Crippen LogP contribution is -2.35. The molecule has 0 radical (unpaired) electrons. The molecule has 1 fully saturated rings. The first-order valence-electron chi connectivity index (χ1n) is 7.77. The molecule has 0 spiro atoms. The molecule has 0 unspecified atom stereocenters. The highest BCUT2D eigenvalue weighted by Crippen LogP contribution is 2.31. The minimum absolute atomic E-state index is 0.245. The zero-order chi connectivity index (χ0) is 15.6. The number of likely N-dealkylation sites (tertiary alicyclic amines) is 1. The number of amides is 1. The lowest BCUT2D eigenvalue weighted by molar-refractivity contribution is -0.132. The number of carbonyl (C=O) groups is 1. The highest BCUT2D eigenvalue weighted by molar-refractivity contribution is 5.77. The Kier molecular flexibility index (Phi) is 4.99. The molecule has 1 atom stereocenters. The van der Waals surface area contributed by atoms with Gasteiger partial charge in [-0.2, -0.15) is 0 Å². The van der Waals surface area contributed by atoms with E-state index >= 15 is 0 Å². The standard InChI is InChI=1S/C17H27N3O/c1-12(2)15-7-6-14(16(18-15)11-19(3)4)13-8-9-20(5)17(21)10-13/h6-7,12-13H,8-11H2,1-5H3/t13-/m1/s1. The number of pyridine rings is 1. The van der Waals surface area contributed by atoms with Gasteiger partial charge < -0.3 is 9.80 Å². The van der Waals surface area contributed by atoms with Crippen molar-refractivity contribution in [2.24, 2.45) is 0 Å². The Morgan fingerprint density at radius 3 is 2.67 bits per heavy atom. The second-order valence-corrected chi connectivity index (χ2v) is 6.67. The van der Waals surface area contributed by atoms with Gasteiger partial charge in [0.1, 0.15) is 0 Å². The van der Waals surface area contributed by atoms with Gasteiger partial charge >= 0.3 is 0 Å². The van der Waals surface area contributed by atoms with E-state index in [9.17, 15) is 4.79 Å². The Morgan fingerprint density at radius 2 is 2.10 bits per heavy atom. The van der Waals surface area contributed by atoms with Crippen LogP contribution in [-0.4, -0.2) is 48.4 Å². The fourth-order valence-corrected chi connectivity index (χ4v) is 2.86. The topological polar surface area (TPSA) is 36.4 Å². The van der Waals surface area contributed by atoms with Crippen molar-refractivity contribution in [3.05, 3.63) is 29.1 Å². The van der Waals surface area contributed by atoms with Gasteiger partial charge in [0.15, 0.2) is 0 Å². The van der Waals surface area contributed by atoms with Crippen LogP contribution in [0.2, 0.25) is 0 Å². The molecule has 1 saturated heterocycles. The quantitative estimate of drug-likeness (QED) is 0.855. The first kappa shape index (κ1) is 16.0. The molecule has 2 rings (SSSR count). The van der Waals surface area contributed by atoms with Crippen molar-refractivity contribution in [1.82, 2.24) is 14.8 Å². The summed E-state index contributed by atoms with van der Waals surface area (Å²) < 4.78 is 0. The van der Waals surface area contributed by atoms with Crippen LogP contribution in [0.15, 0.2) is 12.1 Å². The van der Waals surface area contributed by atoms with E-state index in [1.807, 2.05) is 11.9 Å². The van der Waals surface area contributed by atoms with Gasteiger partial charge in [0.2, 0.25) is 5.91 Å². The second-order valence-electron chi connectivity index (χ2n) is 6.67. The fraction of sp³-hybridized carbons (Fsp3) is 0.647. The molecule has 2 heterocycles. The van der Waals surface area contributed by atoms with E-state index in [2.05, 4.69) is 45.0 Å². The monoisotopic (exact) mass is 289 g/mol. The Morgan fingerprint density at radius 1 is 1.38 bits per heavy atom. The van der Waals surface area contributed by atoms with Gasteiger partial charge in [-0.3, -0.25) is 9.78 Å². The number of carbonyl (C=O) groups excluding carboxylic acids is 1. The zero-order valence-corrected chi connectivity index (χ0v) is 13.9. The van der Waals surface area contributed by atoms with Gasteiger partial charge in [-0.25, -0.2) is 0 Å². The van der Waals surface area contributed by atoms with Crippen LogP contribution in [-0.2, 0) is 11.3 Å². The minimum Gasteiger partial charge on any atom is -0.346 e. The number of hydrogen-bond acceptors (Lipinski definition) is 3. The SMILES string of the molecule is CC(C)c1ccc([C@@H]2CCN(C)C(=O)C2)c(CN(C)C)n1. The van der Waals surface area contributed by atoms with Crippen LogP contribution in [0.25, 0.3) is 0 Å². The summed E-state index contributed by atoms with van der Waals surface area (Å²) in [5, 5.41) is 0. The van der Waals surface area contributed by atoms with Crippen molar-refractivity contribution < 1.29 is 4.79 Å². The Hall–Kier alpha value is -1.42. The number of rotatable bonds is 4. The molecule has 0 bridgehead atoms. The van der Waals surface area contributed by atoms with Gasteiger partial charge in [0, 0.05) is 32.3 Å². The van der Waals surface area contributed by atoms with E-state index in [0.717, 1.165) is 30.9 Å². The summed E-state index contributed by atoms with van der Waals surface area (Å²) in [6.45, 7) is 6.01. The smallest absolute Gasteiger partial charge is 0.222 e. The zero-order valence-electron chi connectivity index (χ0n) is 13.9. The second kappa shape index (κ2) is 6.56. The van der Waals surface area contributed by atoms with Gasteiger partial charge in [0.05, 0.1) is 5.69 Å². The third-order valence-electron chi connectivity index (χ3n) is 4.19. The summed E-state index contributed by atoms with van der Waals surface area (Å²) in [6.07, 6.45) is 1.64. The molecule has 1 aromatic rings. The normalized spacial score (nSPS) is 19.7. The molecule has 0 aliphatic carbocycles. The largest absolute Gasteiger partial charge is 0.346 e. The van der Waals surface area contributed by atoms with E-state index in [1.54, 1.807) is 0 Å².